The van der Waals surface area contributed by atoms with E-state index >= 15 is 0 Å². The highest BCUT2D eigenvalue weighted by atomic mass is 16.5. The molecule has 140 valence electrons. The average Bonchev–Trinajstić information content (AvgIpc) is 3.03. The third-order valence-corrected chi connectivity index (χ3v) is 6.19. The number of hydrogen-bond acceptors (Lipinski definition) is 4. The van der Waals surface area contributed by atoms with E-state index in [2.05, 4.69) is 4.98 Å². The number of H-pyrrole nitrogens is 1. The van der Waals surface area contributed by atoms with Gasteiger partial charge in [-0.3, -0.25) is 14.4 Å². The Hall–Kier alpha value is -2.15. The lowest BCUT2D eigenvalue weighted by molar-refractivity contribution is -0.168. The number of aromatic nitrogens is 1. The third-order valence-electron chi connectivity index (χ3n) is 6.19. The minimum absolute atomic E-state index is 0.123. The van der Waals surface area contributed by atoms with Gasteiger partial charge in [-0.25, -0.2) is 0 Å². The molecule has 0 aromatic carbocycles. The molecule has 7 nitrogen and oxygen atoms in total. The largest absolute Gasteiger partial charge is 0.379 e. The third kappa shape index (κ3) is 2.94. The fourth-order valence-electron chi connectivity index (χ4n) is 4.36. The molecule has 3 aliphatic rings. The first-order valence-corrected chi connectivity index (χ1v) is 9.27. The Labute approximate surface area is 152 Å². The van der Waals surface area contributed by atoms with E-state index in [1.54, 1.807) is 12.1 Å². The maximum Gasteiger partial charge on any atom is 0.270 e. The molecule has 1 spiro atoms. The number of nitrogens with one attached hydrogen (secondary N) is 1. The zero-order valence-corrected chi connectivity index (χ0v) is 15.1. The van der Waals surface area contributed by atoms with Gasteiger partial charge in [-0.05, 0) is 37.7 Å². The highest BCUT2D eigenvalue weighted by molar-refractivity contribution is 5.92. The van der Waals surface area contributed by atoms with Crippen LogP contribution in [0.5, 0.6) is 0 Å². The standard InChI is InChI=1S/C19H25N3O4/c1-18(12-26-13-18)17(25)22-10-7-19(11-22)5-8-21(9-6-19)16(24)14-3-2-4-15(23)20-14/h2-4H,5-13H2,1H3,(H,20,23). The first-order valence-electron chi connectivity index (χ1n) is 9.27. The molecular weight excluding hydrogens is 334 g/mol. The molecule has 3 aliphatic heterocycles. The van der Waals surface area contributed by atoms with Crippen LogP contribution in [-0.2, 0) is 9.53 Å². The summed E-state index contributed by atoms with van der Waals surface area (Å²) in [5, 5.41) is 0. The molecule has 7 heteroatoms. The van der Waals surface area contributed by atoms with Gasteiger partial charge in [0, 0.05) is 32.2 Å². The summed E-state index contributed by atoms with van der Waals surface area (Å²) < 4.78 is 5.23. The number of aromatic amines is 1. The number of rotatable bonds is 2. The van der Waals surface area contributed by atoms with Gasteiger partial charge in [-0.1, -0.05) is 6.07 Å². The molecule has 0 saturated carbocycles. The van der Waals surface area contributed by atoms with Crippen LogP contribution in [0.15, 0.2) is 23.0 Å². The Kier molecular flexibility index (Phi) is 4.14. The molecular formula is C19H25N3O4. The van der Waals surface area contributed by atoms with Crippen molar-refractivity contribution >= 4 is 11.8 Å². The molecule has 0 atom stereocenters. The minimum atomic E-state index is -0.346. The van der Waals surface area contributed by atoms with E-state index in [-0.39, 0.29) is 28.2 Å². The van der Waals surface area contributed by atoms with E-state index in [1.165, 1.54) is 6.07 Å². The SMILES string of the molecule is CC1(C(=O)N2CCC3(CCN(C(=O)c4cccc(=O)[nH]4)CC3)C2)COC1. The highest BCUT2D eigenvalue weighted by Crippen LogP contribution is 2.42. The molecule has 1 aromatic heterocycles. The van der Waals surface area contributed by atoms with Gasteiger partial charge >= 0.3 is 0 Å². The van der Waals surface area contributed by atoms with E-state index < -0.39 is 0 Å². The zero-order chi connectivity index (χ0) is 18.4. The average molecular weight is 359 g/mol. The van der Waals surface area contributed by atoms with Crippen LogP contribution in [0.3, 0.4) is 0 Å². The van der Waals surface area contributed by atoms with Gasteiger partial charge in [0.05, 0.1) is 18.6 Å². The summed E-state index contributed by atoms with van der Waals surface area (Å²) in [5.74, 6) is 0.0867. The van der Waals surface area contributed by atoms with E-state index in [0.29, 0.717) is 32.0 Å². The van der Waals surface area contributed by atoms with Crippen molar-refractivity contribution in [1.29, 1.82) is 0 Å². The Morgan fingerprint density at radius 2 is 1.73 bits per heavy atom. The number of nitrogens with zero attached hydrogens (tertiary/aromatic N) is 2. The Morgan fingerprint density at radius 3 is 2.31 bits per heavy atom. The fraction of sp³-hybridized carbons (Fsp3) is 0.632. The van der Waals surface area contributed by atoms with E-state index in [9.17, 15) is 14.4 Å². The van der Waals surface area contributed by atoms with Crippen LogP contribution in [0.25, 0.3) is 0 Å². The van der Waals surface area contributed by atoms with Crippen molar-refractivity contribution in [3.8, 4) is 0 Å². The van der Waals surface area contributed by atoms with Crippen LogP contribution in [-0.4, -0.2) is 66.0 Å². The monoisotopic (exact) mass is 359 g/mol. The van der Waals surface area contributed by atoms with Gasteiger partial charge in [-0.2, -0.15) is 0 Å². The first-order chi connectivity index (χ1) is 12.4. The van der Waals surface area contributed by atoms with Crippen molar-refractivity contribution < 1.29 is 14.3 Å². The smallest absolute Gasteiger partial charge is 0.270 e. The van der Waals surface area contributed by atoms with Gasteiger partial charge in [0.15, 0.2) is 0 Å². The molecule has 0 unspecified atom stereocenters. The lowest BCUT2D eigenvalue weighted by Crippen LogP contribution is -2.53. The van der Waals surface area contributed by atoms with Crippen LogP contribution in [0, 0.1) is 10.8 Å². The van der Waals surface area contributed by atoms with Gasteiger partial charge in [0.1, 0.15) is 5.69 Å². The topological polar surface area (TPSA) is 82.7 Å². The van der Waals surface area contributed by atoms with E-state index in [0.717, 1.165) is 32.4 Å². The molecule has 2 amide bonds. The number of pyridine rings is 1. The van der Waals surface area contributed by atoms with Crippen molar-refractivity contribution in [2.75, 3.05) is 39.4 Å². The summed E-state index contributed by atoms with van der Waals surface area (Å²) >= 11 is 0. The van der Waals surface area contributed by atoms with Crippen LogP contribution in [0.1, 0.15) is 36.7 Å². The summed E-state index contributed by atoms with van der Waals surface area (Å²) in [6, 6.07) is 4.65. The van der Waals surface area contributed by atoms with Gasteiger partial charge in [0.2, 0.25) is 11.5 Å². The molecule has 4 rings (SSSR count). The van der Waals surface area contributed by atoms with Gasteiger partial charge in [0.25, 0.3) is 5.91 Å². The summed E-state index contributed by atoms with van der Waals surface area (Å²) in [6.45, 7) is 5.93. The predicted octanol–water partition coefficient (Wildman–Crippen LogP) is 0.866. The van der Waals surface area contributed by atoms with Crippen LogP contribution < -0.4 is 5.56 Å². The highest BCUT2D eigenvalue weighted by Gasteiger charge is 2.49. The second kappa shape index (κ2) is 6.23. The molecule has 1 N–H and O–H groups in total. The number of piperidine rings is 1. The Bertz CT molecular complexity index is 775. The molecule has 0 bridgehead atoms. The van der Waals surface area contributed by atoms with Gasteiger partial charge in [-0.15, -0.1) is 0 Å². The van der Waals surface area contributed by atoms with Crippen LogP contribution >= 0.6 is 0 Å². The molecule has 3 fully saturated rings. The first kappa shape index (κ1) is 17.3. The van der Waals surface area contributed by atoms with Crippen molar-refractivity contribution in [1.82, 2.24) is 14.8 Å². The van der Waals surface area contributed by atoms with E-state index in [1.807, 2.05) is 16.7 Å². The van der Waals surface area contributed by atoms with Crippen molar-refractivity contribution in [2.24, 2.45) is 10.8 Å². The molecule has 0 aliphatic carbocycles. The predicted molar refractivity (Wildman–Crippen MR) is 94.8 cm³/mol. The summed E-state index contributed by atoms with van der Waals surface area (Å²) in [6.07, 6.45) is 2.79. The quantitative estimate of drug-likeness (QED) is 0.849. The molecule has 1 aromatic rings. The molecule has 3 saturated heterocycles. The number of hydrogen-bond donors (Lipinski definition) is 1. The molecule has 0 radical (unpaired) electrons. The number of carbonyl (C=O) groups is 2. The lowest BCUT2D eigenvalue weighted by atomic mass is 9.77. The van der Waals surface area contributed by atoms with Crippen molar-refractivity contribution in [2.45, 2.75) is 26.2 Å². The summed E-state index contributed by atoms with van der Waals surface area (Å²) in [5.41, 5.74) is -0.142. The molecule has 26 heavy (non-hydrogen) atoms. The second-order valence-electron chi connectivity index (χ2n) is 8.25. The maximum atomic E-state index is 12.7. The van der Waals surface area contributed by atoms with Gasteiger partial charge < -0.3 is 19.5 Å². The number of amides is 2. The fourth-order valence-corrected chi connectivity index (χ4v) is 4.36. The zero-order valence-electron chi connectivity index (χ0n) is 15.1. The number of ether oxygens (including phenoxy) is 1. The van der Waals surface area contributed by atoms with E-state index in [4.69, 9.17) is 4.74 Å². The van der Waals surface area contributed by atoms with Crippen LogP contribution in [0.4, 0.5) is 0 Å². The van der Waals surface area contributed by atoms with Crippen molar-refractivity contribution in [3.05, 3.63) is 34.2 Å². The number of carbonyl (C=O) groups excluding carboxylic acids is 2. The van der Waals surface area contributed by atoms with Crippen molar-refractivity contribution in [3.63, 3.8) is 0 Å². The molecule has 4 heterocycles. The Morgan fingerprint density at radius 1 is 1.08 bits per heavy atom. The minimum Gasteiger partial charge on any atom is -0.379 e. The maximum absolute atomic E-state index is 12.7. The second-order valence-corrected chi connectivity index (χ2v) is 8.25. The lowest BCUT2D eigenvalue weighted by Gasteiger charge is -2.41. The number of likely N-dealkylation sites (tertiary alicyclic amines) is 2. The Balaban J connectivity index is 1.37. The normalized spacial score (nSPS) is 23.7. The summed E-state index contributed by atoms with van der Waals surface area (Å²) in [4.78, 5) is 43.1. The van der Waals surface area contributed by atoms with Crippen LogP contribution in [0.2, 0.25) is 0 Å². The summed E-state index contributed by atoms with van der Waals surface area (Å²) in [7, 11) is 0.